The molecule has 0 radical (unpaired) electrons. The van der Waals surface area contributed by atoms with Crippen LogP contribution in [0.2, 0.25) is 0 Å². The Labute approximate surface area is 667 Å². The van der Waals surface area contributed by atoms with Crippen molar-refractivity contribution in [1.82, 2.24) is 73.2 Å². The van der Waals surface area contributed by atoms with Crippen molar-refractivity contribution in [3.8, 4) is 11.1 Å². The summed E-state index contributed by atoms with van der Waals surface area (Å²) < 4.78 is 0. The molecule has 2 aliphatic rings. The smallest absolute Gasteiger partial charge is 0.303 e. The Hall–Kier alpha value is -11.9. The van der Waals surface area contributed by atoms with E-state index >= 15 is 0 Å². The first-order valence-electron chi connectivity index (χ1n) is 37.2. The molecule has 4 aromatic carbocycles. The summed E-state index contributed by atoms with van der Waals surface area (Å²) in [5.41, 5.74) is 13.9. The summed E-state index contributed by atoms with van der Waals surface area (Å²) in [5.74, 6) is -19.3. The highest BCUT2D eigenvalue weighted by Gasteiger charge is 2.43. The zero-order chi connectivity index (χ0) is 84.9. The summed E-state index contributed by atoms with van der Waals surface area (Å²) in [7, 11) is 2.49. The molecule has 622 valence electrons. The van der Waals surface area contributed by atoms with Crippen LogP contribution >= 0.6 is 11.8 Å². The molecule has 0 aromatic heterocycles. The third-order valence-corrected chi connectivity index (χ3v) is 20.3. The van der Waals surface area contributed by atoms with E-state index in [2.05, 4.69) is 58.5 Å². The van der Waals surface area contributed by atoms with Gasteiger partial charge in [0.25, 0.3) is 0 Å². The number of amides is 16. The van der Waals surface area contributed by atoms with Gasteiger partial charge in [-0.05, 0) is 88.1 Å². The number of likely N-dealkylation sites (N-methyl/N-ethyl adjacent to an activating group) is 2. The summed E-state index contributed by atoms with van der Waals surface area (Å²) in [6.07, 6.45) is -7.21. The summed E-state index contributed by atoms with van der Waals surface area (Å²) >= 11 is 0.735. The Kier molecular flexibility index (Phi) is 35.6. The van der Waals surface area contributed by atoms with Crippen LogP contribution < -0.4 is 70.0 Å². The normalized spacial score (nSPS) is 25.1. The van der Waals surface area contributed by atoms with E-state index < -0.39 is 242 Å². The molecule has 0 bridgehead atoms. The zero-order valence-electron chi connectivity index (χ0n) is 64.7. The van der Waals surface area contributed by atoms with E-state index in [1.807, 2.05) is 30.3 Å². The summed E-state index contributed by atoms with van der Waals surface area (Å²) in [6.45, 7) is 4.57. The number of nitrogens with zero attached hydrogens (tertiary/aromatic N) is 3. The molecule has 4 aromatic rings. The number of aliphatic hydroxyl groups is 3. The van der Waals surface area contributed by atoms with Crippen molar-refractivity contribution >= 4 is 112 Å². The first kappa shape index (κ1) is 92.0. The number of rotatable bonds is 19. The van der Waals surface area contributed by atoms with Crippen molar-refractivity contribution in [1.29, 1.82) is 0 Å². The van der Waals surface area contributed by atoms with E-state index in [1.165, 1.54) is 34.9 Å². The molecule has 16 amide bonds. The molecule has 6 rings (SSSR count). The molecular formula is C77H102N16O21S. The topological polar surface area (TPSA) is 565 Å². The van der Waals surface area contributed by atoms with Crippen LogP contribution in [0.5, 0.6) is 0 Å². The van der Waals surface area contributed by atoms with Gasteiger partial charge in [0, 0.05) is 58.7 Å². The number of carboxylic acid groups (broad SMARTS) is 1. The second-order valence-corrected chi connectivity index (χ2v) is 29.1. The minimum atomic E-state index is -2.10. The van der Waals surface area contributed by atoms with Gasteiger partial charge in [-0.15, -0.1) is 11.8 Å². The number of hydrogen-bond acceptors (Lipinski definition) is 21. The molecule has 2 heterocycles. The average molecular weight is 1620 g/mol. The number of thioether (sulfide) groups is 1. The number of carboxylic acids is 1. The number of primary amides is 2. The van der Waals surface area contributed by atoms with Crippen LogP contribution in [0.25, 0.3) is 11.1 Å². The molecule has 37 nitrogen and oxygen atoms in total. The van der Waals surface area contributed by atoms with Crippen molar-refractivity contribution in [3.63, 3.8) is 0 Å². The number of fused-ring (bicyclic) bond motifs is 1. The maximum Gasteiger partial charge on any atom is 0.303 e. The minimum Gasteiger partial charge on any atom is -0.481 e. The molecule has 115 heavy (non-hydrogen) atoms. The third kappa shape index (κ3) is 28.0. The van der Waals surface area contributed by atoms with Crippen LogP contribution in [-0.2, 0) is 101 Å². The second kappa shape index (κ2) is 44.5. The highest BCUT2D eigenvalue weighted by atomic mass is 32.2. The lowest BCUT2D eigenvalue weighted by molar-refractivity contribution is -0.145. The maximum atomic E-state index is 14.9. The van der Waals surface area contributed by atoms with Gasteiger partial charge in [0.05, 0.1) is 30.9 Å². The highest BCUT2D eigenvalue weighted by Crippen LogP contribution is 2.23. The van der Waals surface area contributed by atoms with Gasteiger partial charge >= 0.3 is 5.97 Å². The van der Waals surface area contributed by atoms with Gasteiger partial charge in [-0.2, -0.15) is 0 Å². The fourth-order valence-corrected chi connectivity index (χ4v) is 13.3. The molecule has 38 heteroatoms. The van der Waals surface area contributed by atoms with Gasteiger partial charge in [0.1, 0.15) is 78.5 Å². The molecular weight excluding hydrogens is 1520 g/mol. The molecule has 19 N–H and O–H groups in total. The lowest BCUT2D eigenvalue weighted by Crippen LogP contribution is -2.63. The summed E-state index contributed by atoms with van der Waals surface area (Å²) in [5, 5.41) is 68.9. The van der Waals surface area contributed by atoms with E-state index in [9.17, 15) is 102 Å². The number of benzene rings is 4. The standard InChI is InChI=1S/C77H102N16O21S/c1-41-65(102)84-52(31-33-94)77(114)93-32-17-24-58(93)72(109)88-57(68(105)80-38-60(79)98)39-115-40-61(99)82-53(34-46-18-11-8-12-19-46)70(107)83-51(29-30-62(100)101)69(106)85-54(37-59(78)97)71(108)89-64(45(5)96)74(111)90-63(44(4)95)73(110)87-56(35-47-20-13-9-14-21-47)76(113)92(7)43(3)67(104)86-55(75(112)91(6)42(2)66(103)81-41)36-48-25-27-50(28-26-48)49-22-15-10-16-23-49/h8-16,18-23,25-28,41-45,51-58,63-64,94-96H,17,24,29-40H2,1-7H3,(H2,78,97)(H2,79,98)(H,80,105)(H,81,103)(H,82,99)(H,83,107)(H,84,102)(H,85,106)(H,86,104)(H,87,110)(H,88,109)(H,89,108)(H,90,111)(H,100,101)/t41-,42-,43-,44+,45+,51-,52-,53-,54-,55-,56-,57-,58-,63-,64-/m0/s1. The van der Waals surface area contributed by atoms with Crippen LogP contribution in [0.4, 0.5) is 0 Å². The predicted octanol–water partition coefficient (Wildman–Crippen LogP) is -4.83. The third-order valence-electron chi connectivity index (χ3n) is 19.2. The molecule has 0 unspecified atom stereocenters. The number of aliphatic carboxylic acids is 1. The Morgan fingerprint density at radius 3 is 1.47 bits per heavy atom. The monoisotopic (exact) mass is 1620 g/mol. The number of carbonyl (C=O) groups excluding carboxylic acids is 16. The van der Waals surface area contributed by atoms with Gasteiger partial charge in [0.2, 0.25) is 94.5 Å². The zero-order valence-corrected chi connectivity index (χ0v) is 65.5. The predicted molar refractivity (Wildman–Crippen MR) is 415 cm³/mol. The van der Waals surface area contributed by atoms with E-state index in [1.54, 1.807) is 84.9 Å². The molecule has 2 aliphatic heterocycles. The van der Waals surface area contributed by atoms with Crippen LogP contribution in [0.1, 0.15) is 89.8 Å². The number of nitrogens with two attached hydrogens (primary N) is 2. The van der Waals surface area contributed by atoms with Crippen LogP contribution in [0.15, 0.2) is 115 Å². The molecule has 0 saturated carbocycles. The number of hydrogen-bond donors (Lipinski definition) is 17. The van der Waals surface area contributed by atoms with Crippen LogP contribution in [0, 0.1) is 0 Å². The van der Waals surface area contributed by atoms with Crippen molar-refractivity contribution in [2.24, 2.45) is 11.5 Å². The van der Waals surface area contributed by atoms with Gasteiger partial charge in [0.15, 0.2) is 0 Å². The van der Waals surface area contributed by atoms with Crippen molar-refractivity contribution in [2.45, 2.75) is 183 Å². The minimum absolute atomic E-state index is 0.0143. The molecule has 2 fully saturated rings. The van der Waals surface area contributed by atoms with Gasteiger partial charge in [-0.3, -0.25) is 81.5 Å². The fourth-order valence-electron chi connectivity index (χ4n) is 12.4. The van der Waals surface area contributed by atoms with E-state index in [-0.39, 0.29) is 38.6 Å². The molecule has 0 aliphatic carbocycles. The fraction of sp³-hybridized carbons (Fsp3) is 0.468. The second-order valence-electron chi connectivity index (χ2n) is 28.1. The highest BCUT2D eigenvalue weighted by molar-refractivity contribution is 8.00. The van der Waals surface area contributed by atoms with Crippen LogP contribution in [-0.4, -0.2) is 272 Å². The molecule has 2 saturated heterocycles. The molecule has 15 atom stereocenters. The van der Waals surface area contributed by atoms with Gasteiger partial charge < -0.3 is 105 Å². The molecule has 0 spiro atoms. The van der Waals surface area contributed by atoms with Crippen LogP contribution in [0.3, 0.4) is 0 Å². The maximum absolute atomic E-state index is 14.9. The number of carbonyl (C=O) groups is 17. The summed E-state index contributed by atoms with van der Waals surface area (Å²) in [6, 6.07) is 11.0. The summed E-state index contributed by atoms with van der Waals surface area (Å²) in [4.78, 5) is 241. The van der Waals surface area contributed by atoms with Gasteiger partial charge in [-0.25, -0.2) is 0 Å². The van der Waals surface area contributed by atoms with Gasteiger partial charge in [-0.1, -0.05) is 115 Å². The number of nitrogens with one attached hydrogen (secondary N) is 11. The quantitative estimate of drug-likeness (QED) is 0.0419. The SMILES string of the molecule is C[C@@H]1NC(=O)[C@H](C)N(C)C(=O)[C@H](Cc2ccc(-c3ccccc3)cc2)NC(=O)[C@H](C)N(C)C(=O)[C@H](Cc2ccccc2)NC(=O)[C@H]([C@@H](C)O)NC(=O)[C@H]([C@@H](C)O)NC(=O)[C@H](CC(N)=O)NC(=O)[C@H](CCC(=O)O)NC(=O)[C@H](Cc2ccccc2)NC(=O)CSC[C@@H](C(=O)NCC(N)=O)NC(=O)[C@@H]2CCCN2C(=O)[C@H](CCO)NC1=O. The van der Waals surface area contributed by atoms with E-state index in [4.69, 9.17) is 11.5 Å². The van der Waals surface area contributed by atoms with Crippen molar-refractivity contribution in [2.75, 3.05) is 45.3 Å². The Bertz CT molecular complexity index is 4130. The van der Waals surface area contributed by atoms with E-state index in [0.717, 1.165) is 51.4 Å². The Morgan fingerprint density at radius 1 is 0.496 bits per heavy atom. The van der Waals surface area contributed by atoms with Crippen molar-refractivity contribution in [3.05, 3.63) is 132 Å². The average Bonchev–Trinajstić information content (AvgIpc) is 1.80. The lowest BCUT2D eigenvalue weighted by Gasteiger charge is -2.33. The number of aliphatic hydroxyl groups excluding tert-OH is 3. The first-order chi connectivity index (χ1) is 54.5. The largest absolute Gasteiger partial charge is 0.481 e. The first-order valence-corrected chi connectivity index (χ1v) is 38.3. The Morgan fingerprint density at radius 2 is 0.948 bits per heavy atom. The van der Waals surface area contributed by atoms with Crippen molar-refractivity contribution < 1.29 is 102 Å². The lowest BCUT2D eigenvalue weighted by atomic mass is 9.99. The van der Waals surface area contributed by atoms with E-state index in [0.29, 0.717) is 16.7 Å². The Balaban J connectivity index is 1.38.